The van der Waals surface area contributed by atoms with Crippen LogP contribution in [-0.2, 0) is 9.59 Å². The molecule has 2 N–H and O–H groups in total. The number of aliphatic carboxylic acids is 2. The highest BCUT2D eigenvalue weighted by atomic mass is 19.4. The minimum absolute atomic E-state index is 0.269. The molecule has 136 valence electrons. The van der Waals surface area contributed by atoms with Crippen molar-refractivity contribution in [1.29, 1.82) is 0 Å². The number of carbonyl (C=O) groups excluding carboxylic acids is 1. The lowest BCUT2D eigenvalue weighted by Crippen LogP contribution is -3.11. The Morgan fingerprint density at radius 2 is 1.75 bits per heavy atom. The van der Waals surface area contributed by atoms with Crippen LogP contribution in [0.4, 0.5) is 13.2 Å². The number of carboxylic acids is 2. The highest BCUT2D eigenvalue weighted by Crippen LogP contribution is 2.11. The van der Waals surface area contributed by atoms with Crippen molar-refractivity contribution in [2.45, 2.75) is 38.9 Å². The molecule has 0 radical (unpaired) electrons. The fourth-order valence-corrected chi connectivity index (χ4v) is 2.14. The monoisotopic (exact) mass is 349 g/mol. The molecule has 0 aromatic heterocycles. The maximum atomic E-state index is 10.5. The van der Waals surface area contributed by atoms with Crippen molar-refractivity contribution in [2.75, 3.05) is 13.1 Å². The van der Waals surface area contributed by atoms with E-state index in [-0.39, 0.29) is 6.42 Å². The van der Waals surface area contributed by atoms with Gasteiger partial charge < -0.3 is 19.9 Å². The number of benzene rings is 1. The lowest BCUT2D eigenvalue weighted by molar-refractivity contribution is -0.928. The number of halogens is 3. The van der Waals surface area contributed by atoms with Crippen LogP contribution in [0.25, 0.3) is 0 Å². The van der Waals surface area contributed by atoms with Crippen LogP contribution in [-0.4, -0.2) is 36.3 Å². The van der Waals surface area contributed by atoms with E-state index in [9.17, 15) is 18.0 Å². The van der Waals surface area contributed by atoms with Crippen LogP contribution in [0.5, 0.6) is 0 Å². The lowest BCUT2D eigenvalue weighted by Gasteiger charge is -2.25. The van der Waals surface area contributed by atoms with Gasteiger partial charge in [0.05, 0.1) is 19.5 Å². The maximum absolute atomic E-state index is 10.5. The van der Waals surface area contributed by atoms with Gasteiger partial charge in [-0.2, -0.15) is 13.2 Å². The molecule has 0 aliphatic heterocycles. The molecule has 0 aliphatic carbocycles. The zero-order valence-electron chi connectivity index (χ0n) is 13.6. The number of carbonyl (C=O) groups is 2. The van der Waals surface area contributed by atoms with Crippen molar-refractivity contribution < 1.29 is 37.9 Å². The summed E-state index contributed by atoms with van der Waals surface area (Å²) in [6.45, 7) is 6.29. The Kier molecular flexibility index (Phi) is 9.71. The largest absolute Gasteiger partial charge is 0.542 e. The molecule has 0 fully saturated rings. The molecule has 0 spiro atoms. The number of nitrogens with one attached hydrogen (secondary N) is 1. The third kappa shape index (κ3) is 9.14. The molecule has 0 saturated carbocycles. The molecule has 1 aromatic carbocycles. The van der Waals surface area contributed by atoms with Crippen molar-refractivity contribution in [2.24, 2.45) is 0 Å². The molecule has 8 heteroatoms. The smallest absolute Gasteiger partial charge is 0.430 e. The summed E-state index contributed by atoms with van der Waals surface area (Å²) in [7, 11) is 0. The van der Waals surface area contributed by atoms with Gasteiger partial charge in [-0.05, 0) is 13.8 Å². The van der Waals surface area contributed by atoms with Crippen molar-refractivity contribution in [3.05, 3.63) is 35.9 Å². The Bertz CT molecular complexity index is 506. The van der Waals surface area contributed by atoms with Gasteiger partial charge in [-0.1, -0.05) is 30.3 Å². The van der Waals surface area contributed by atoms with E-state index in [1.807, 2.05) is 6.07 Å². The van der Waals surface area contributed by atoms with E-state index in [0.717, 1.165) is 19.5 Å². The van der Waals surface area contributed by atoms with Crippen molar-refractivity contribution in [3.63, 3.8) is 0 Å². The van der Waals surface area contributed by atoms with E-state index in [1.165, 1.54) is 10.5 Å². The SMILES string of the molecule is CC[NH+](CCCC(=O)O)[C@@H](C)c1ccccc1.O=C([O-])C(F)(F)F. The molecular formula is C16H22F3NO4. The third-order valence-corrected chi connectivity index (χ3v) is 3.49. The van der Waals surface area contributed by atoms with Gasteiger partial charge in [-0.15, -0.1) is 0 Å². The molecule has 0 heterocycles. The predicted octanol–water partition coefficient (Wildman–Crippen LogP) is 0.816. The number of rotatable bonds is 7. The highest BCUT2D eigenvalue weighted by molar-refractivity contribution is 5.70. The van der Waals surface area contributed by atoms with Gasteiger partial charge >= 0.3 is 12.1 Å². The first-order valence-electron chi connectivity index (χ1n) is 7.49. The van der Waals surface area contributed by atoms with Crippen LogP contribution in [0.1, 0.15) is 38.3 Å². The van der Waals surface area contributed by atoms with Crippen LogP contribution in [0.2, 0.25) is 0 Å². The van der Waals surface area contributed by atoms with Crippen molar-refractivity contribution >= 4 is 11.9 Å². The van der Waals surface area contributed by atoms with Crippen LogP contribution in [0, 0.1) is 0 Å². The molecule has 1 unspecified atom stereocenters. The predicted molar refractivity (Wildman–Crippen MR) is 79.2 cm³/mol. The van der Waals surface area contributed by atoms with Gasteiger partial charge in [0.25, 0.3) is 0 Å². The zero-order valence-corrected chi connectivity index (χ0v) is 13.6. The van der Waals surface area contributed by atoms with Gasteiger partial charge in [0, 0.05) is 12.0 Å². The molecule has 24 heavy (non-hydrogen) atoms. The lowest BCUT2D eigenvalue weighted by atomic mass is 10.1. The fraction of sp³-hybridized carbons (Fsp3) is 0.500. The van der Waals surface area contributed by atoms with E-state index >= 15 is 0 Å². The van der Waals surface area contributed by atoms with Crippen molar-refractivity contribution in [3.8, 4) is 0 Å². The Hall–Kier alpha value is -2.09. The Morgan fingerprint density at radius 3 is 2.12 bits per heavy atom. The number of quaternary nitrogens is 1. The van der Waals surface area contributed by atoms with E-state index in [0.29, 0.717) is 6.04 Å². The Balaban J connectivity index is 0.000000640. The van der Waals surface area contributed by atoms with E-state index in [4.69, 9.17) is 15.0 Å². The van der Waals surface area contributed by atoms with E-state index in [2.05, 4.69) is 38.1 Å². The molecule has 1 rings (SSSR count). The minimum Gasteiger partial charge on any atom is -0.542 e. The fourth-order valence-electron chi connectivity index (χ4n) is 2.14. The highest BCUT2D eigenvalue weighted by Gasteiger charge is 2.28. The molecule has 0 saturated heterocycles. The Labute approximate surface area is 138 Å². The number of hydrogen-bond acceptors (Lipinski definition) is 3. The van der Waals surface area contributed by atoms with Gasteiger partial charge in [0.2, 0.25) is 0 Å². The first-order valence-corrected chi connectivity index (χ1v) is 7.49. The van der Waals surface area contributed by atoms with Crippen LogP contribution in [0.15, 0.2) is 30.3 Å². The second kappa shape index (κ2) is 10.6. The molecule has 0 aliphatic rings. The number of hydrogen-bond donors (Lipinski definition) is 2. The maximum Gasteiger partial charge on any atom is 0.430 e. The van der Waals surface area contributed by atoms with Gasteiger partial charge in [0.15, 0.2) is 0 Å². The standard InChI is InChI=1S/C14H21NO2.C2HF3O2/c1-3-15(11-7-10-14(16)17)12(2)13-8-5-4-6-9-13;3-2(4,5)1(6)7/h4-6,8-9,12H,3,7,10-11H2,1-2H3,(H,16,17);(H,6,7)/t12-;/m0./s1. The van der Waals surface area contributed by atoms with Crippen LogP contribution in [0.3, 0.4) is 0 Å². The van der Waals surface area contributed by atoms with Gasteiger partial charge in [0.1, 0.15) is 12.0 Å². The molecular weight excluding hydrogens is 327 g/mol. The van der Waals surface area contributed by atoms with E-state index < -0.39 is 18.1 Å². The summed E-state index contributed by atoms with van der Waals surface area (Å²) in [4.78, 5) is 20.7. The second-order valence-corrected chi connectivity index (χ2v) is 5.18. The summed E-state index contributed by atoms with van der Waals surface area (Å²) in [5.74, 6) is -3.71. The minimum atomic E-state index is -5.19. The number of carboxylic acid groups (broad SMARTS) is 2. The van der Waals surface area contributed by atoms with E-state index in [1.54, 1.807) is 0 Å². The van der Waals surface area contributed by atoms with Gasteiger partial charge in [-0.3, -0.25) is 4.79 Å². The number of alkyl halides is 3. The Morgan fingerprint density at radius 1 is 1.25 bits per heavy atom. The molecule has 1 aromatic rings. The summed E-state index contributed by atoms with van der Waals surface area (Å²) < 4.78 is 31.5. The van der Waals surface area contributed by atoms with Gasteiger partial charge in [-0.25, -0.2) is 0 Å². The third-order valence-electron chi connectivity index (χ3n) is 3.49. The quantitative estimate of drug-likeness (QED) is 0.763. The average Bonchev–Trinajstić information content (AvgIpc) is 2.51. The topological polar surface area (TPSA) is 81.9 Å². The average molecular weight is 349 g/mol. The first-order chi connectivity index (χ1) is 11.1. The van der Waals surface area contributed by atoms with Crippen LogP contribution >= 0.6 is 0 Å². The summed E-state index contributed by atoms with van der Waals surface area (Å²) in [6, 6.07) is 10.8. The first kappa shape index (κ1) is 21.9. The van der Waals surface area contributed by atoms with Crippen molar-refractivity contribution in [1.82, 2.24) is 0 Å². The van der Waals surface area contributed by atoms with Crippen LogP contribution < -0.4 is 10.0 Å². The molecule has 2 atom stereocenters. The molecule has 0 amide bonds. The zero-order chi connectivity index (χ0) is 18.8. The molecule has 0 bridgehead atoms. The summed E-state index contributed by atoms with van der Waals surface area (Å²) >= 11 is 0. The summed E-state index contributed by atoms with van der Waals surface area (Å²) in [5, 5.41) is 17.4. The normalized spacial score (nSPS) is 13.4. The second-order valence-electron chi connectivity index (χ2n) is 5.18. The summed E-state index contributed by atoms with van der Waals surface area (Å²) in [5.41, 5.74) is 1.32. The summed E-state index contributed by atoms with van der Waals surface area (Å²) in [6.07, 6.45) is -4.18. The molecule has 5 nitrogen and oxygen atoms in total.